The van der Waals surface area contributed by atoms with Crippen LogP contribution in [0.3, 0.4) is 0 Å². The van der Waals surface area contributed by atoms with Crippen LogP contribution in [0.1, 0.15) is 12.0 Å². The first-order valence-electron chi connectivity index (χ1n) is 4.56. The first-order valence-corrected chi connectivity index (χ1v) is 4.56. The maximum atomic E-state index is 9.07. The molecule has 0 heterocycles. The number of aliphatic hydroxyl groups is 1. The molecule has 74 valence electrons. The van der Waals surface area contributed by atoms with E-state index in [1.807, 2.05) is 31.2 Å². The van der Waals surface area contributed by atoms with Gasteiger partial charge in [-0.1, -0.05) is 18.1 Å². The zero-order valence-electron chi connectivity index (χ0n) is 8.23. The molecule has 0 bridgehead atoms. The van der Waals surface area contributed by atoms with Crippen LogP contribution in [0.25, 0.3) is 0 Å². The minimum absolute atomic E-state index is 0.439. The van der Waals surface area contributed by atoms with Crippen LogP contribution in [0.2, 0.25) is 0 Å². The Morgan fingerprint density at radius 1 is 1.57 bits per heavy atom. The van der Waals surface area contributed by atoms with Gasteiger partial charge in [-0.05, 0) is 24.6 Å². The number of terminal acetylenes is 1. The third kappa shape index (κ3) is 3.51. The molecule has 0 saturated heterocycles. The fourth-order valence-corrected chi connectivity index (χ4v) is 1.08. The summed E-state index contributed by atoms with van der Waals surface area (Å²) in [7, 11) is 0. The molecule has 2 heteroatoms. The number of ether oxygens (including phenoxy) is 1. The average Bonchev–Trinajstić information content (AvgIpc) is 2.17. The van der Waals surface area contributed by atoms with E-state index >= 15 is 0 Å². The maximum Gasteiger partial charge on any atom is 0.119 e. The predicted molar refractivity (Wildman–Crippen MR) is 56.1 cm³/mol. The van der Waals surface area contributed by atoms with Crippen molar-refractivity contribution in [2.75, 3.05) is 6.61 Å². The molecule has 1 rings (SSSR count). The van der Waals surface area contributed by atoms with E-state index in [4.69, 9.17) is 16.3 Å². The molecule has 0 fully saturated rings. The second kappa shape index (κ2) is 5.31. The normalized spacial score (nSPS) is 11.8. The van der Waals surface area contributed by atoms with E-state index in [9.17, 15) is 0 Å². The van der Waals surface area contributed by atoms with Crippen LogP contribution in [-0.4, -0.2) is 17.8 Å². The highest BCUT2D eigenvalue weighted by atomic mass is 16.5. The lowest BCUT2D eigenvalue weighted by atomic mass is 10.2. The minimum Gasteiger partial charge on any atom is -0.493 e. The molecule has 1 unspecified atom stereocenters. The van der Waals surface area contributed by atoms with Gasteiger partial charge in [0.15, 0.2) is 0 Å². The monoisotopic (exact) mass is 190 g/mol. The molecule has 2 nitrogen and oxygen atoms in total. The quantitative estimate of drug-likeness (QED) is 0.733. The molecule has 0 aromatic heterocycles. The third-order valence-corrected chi connectivity index (χ3v) is 1.84. The van der Waals surface area contributed by atoms with Gasteiger partial charge in [0.2, 0.25) is 0 Å². The number of aliphatic hydroxyl groups excluding tert-OH is 1. The van der Waals surface area contributed by atoms with E-state index in [-0.39, 0.29) is 0 Å². The summed E-state index contributed by atoms with van der Waals surface area (Å²) in [6.07, 6.45) is 4.77. The summed E-state index contributed by atoms with van der Waals surface area (Å²) >= 11 is 0. The molecule has 1 atom stereocenters. The van der Waals surface area contributed by atoms with Gasteiger partial charge in [-0.15, -0.1) is 6.42 Å². The smallest absolute Gasteiger partial charge is 0.119 e. The Labute approximate surface area is 84.5 Å². The van der Waals surface area contributed by atoms with Crippen molar-refractivity contribution in [3.8, 4) is 18.1 Å². The third-order valence-electron chi connectivity index (χ3n) is 1.84. The molecule has 1 aromatic carbocycles. The van der Waals surface area contributed by atoms with E-state index in [0.29, 0.717) is 13.0 Å². The Morgan fingerprint density at radius 2 is 2.36 bits per heavy atom. The summed E-state index contributed by atoms with van der Waals surface area (Å²) in [5, 5.41) is 9.07. The van der Waals surface area contributed by atoms with Gasteiger partial charge in [0.25, 0.3) is 0 Å². The van der Waals surface area contributed by atoms with Gasteiger partial charge in [-0.2, -0.15) is 0 Å². The van der Waals surface area contributed by atoms with Crippen molar-refractivity contribution >= 4 is 0 Å². The summed E-state index contributed by atoms with van der Waals surface area (Å²) in [6, 6.07) is 7.77. The molecular weight excluding hydrogens is 176 g/mol. The van der Waals surface area contributed by atoms with Crippen LogP contribution in [0.5, 0.6) is 5.75 Å². The number of hydrogen-bond acceptors (Lipinski definition) is 2. The summed E-state index contributed by atoms with van der Waals surface area (Å²) in [4.78, 5) is 0. The highest BCUT2D eigenvalue weighted by Gasteiger charge is 1.99. The predicted octanol–water partition coefficient (Wildman–Crippen LogP) is 1.76. The van der Waals surface area contributed by atoms with Gasteiger partial charge in [-0.25, -0.2) is 0 Å². The highest BCUT2D eigenvalue weighted by molar-refractivity contribution is 5.27. The first kappa shape index (κ1) is 10.6. The Bertz CT molecular complexity index is 325. The molecule has 0 aliphatic rings. The van der Waals surface area contributed by atoms with Gasteiger partial charge in [0, 0.05) is 6.42 Å². The average molecular weight is 190 g/mol. The molecule has 0 saturated carbocycles. The number of rotatable bonds is 4. The summed E-state index contributed by atoms with van der Waals surface area (Å²) in [5.74, 6) is 3.05. The van der Waals surface area contributed by atoms with Crippen LogP contribution >= 0.6 is 0 Å². The lowest BCUT2D eigenvalue weighted by molar-refractivity contribution is 0.186. The van der Waals surface area contributed by atoms with Crippen LogP contribution in [-0.2, 0) is 0 Å². The van der Waals surface area contributed by atoms with Crippen molar-refractivity contribution in [1.29, 1.82) is 0 Å². The number of hydrogen-bond donors (Lipinski definition) is 1. The van der Waals surface area contributed by atoms with E-state index in [1.165, 1.54) is 0 Å². The fourth-order valence-electron chi connectivity index (χ4n) is 1.08. The van der Waals surface area contributed by atoms with Crippen molar-refractivity contribution in [3.63, 3.8) is 0 Å². The SMILES string of the molecule is C#CC(O)CCOc1cccc(C)c1. The van der Waals surface area contributed by atoms with E-state index < -0.39 is 6.10 Å². The Hall–Kier alpha value is -1.46. The van der Waals surface area contributed by atoms with Crippen LogP contribution in [0, 0.1) is 19.3 Å². The number of benzene rings is 1. The van der Waals surface area contributed by atoms with E-state index in [2.05, 4.69) is 5.92 Å². The molecule has 0 spiro atoms. The lowest BCUT2D eigenvalue weighted by Crippen LogP contribution is -2.09. The summed E-state index contributed by atoms with van der Waals surface area (Å²) < 4.78 is 5.40. The number of aryl methyl sites for hydroxylation is 1. The van der Waals surface area contributed by atoms with Gasteiger partial charge in [0.1, 0.15) is 11.9 Å². The molecular formula is C12H14O2. The van der Waals surface area contributed by atoms with Crippen molar-refractivity contribution in [2.24, 2.45) is 0 Å². The zero-order valence-corrected chi connectivity index (χ0v) is 8.23. The second-order valence-corrected chi connectivity index (χ2v) is 3.14. The standard InChI is InChI=1S/C12H14O2/c1-3-11(13)7-8-14-12-6-4-5-10(2)9-12/h1,4-6,9,11,13H,7-8H2,2H3. The highest BCUT2D eigenvalue weighted by Crippen LogP contribution is 2.12. The zero-order chi connectivity index (χ0) is 10.4. The van der Waals surface area contributed by atoms with Gasteiger partial charge >= 0.3 is 0 Å². The van der Waals surface area contributed by atoms with Crippen molar-refractivity contribution in [1.82, 2.24) is 0 Å². The molecule has 1 N–H and O–H groups in total. The largest absolute Gasteiger partial charge is 0.493 e. The summed E-state index contributed by atoms with van der Waals surface area (Å²) in [5.41, 5.74) is 1.15. The Morgan fingerprint density at radius 3 is 3.00 bits per heavy atom. The van der Waals surface area contributed by atoms with Crippen molar-refractivity contribution in [3.05, 3.63) is 29.8 Å². The van der Waals surface area contributed by atoms with Gasteiger partial charge in [-0.3, -0.25) is 0 Å². The molecule has 0 aliphatic carbocycles. The fraction of sp³-hybridized carbons (Fsp3) is 0.333. The minimum atomic E-state index is -0.709. The Balaban J connectivity index is 2.36. The van der Waals surface area contributed by atoms with Gasteiger partial charge < -0.3 is 9.84 Å². The first-order chi connectivity index (χ1) is 6.72. The lowest BCUT2D eigenvalue weighted by Gasteiger charge is -2.07. The maximum absolute atomic E-state index is 9.07. The van der Waals surface area contributed by atoms with E-state index in [1.54, 1.807) is 0 Å². The van der Waals surface area contributed by atoms with Crippen LogP contribution < -0.4 is 4.74 Å². The molecule has 0 amide bonds. The van der Waals surface area contributed by atoms with Crippen molar-refractivity contribution < 1.29 is 9.84 Å². The molecule has 0 aliphatic heterocycles. The van der Waals surface area contributed by atoms with Crippen LogP contribution in [0.15, 0.2) is 24.3 Å². The molecule has 14 heavy (non-hydrogen) atoms. The van der Waals surface area contributed by atoms with Gasteiger partial charge in [0.05, 0.1) is 6.61 Å². The second-order valence-electron chi connectivity index (χ2n) is 3.14. The van der Waals surface area contributed by atoms with E-state index in [0.717, 1.165) is 11.3 Å². The van der Waals surface area contributed by atoms with Crippen LogP contribution in [0.4, 0.5) is 0 Å². The molecule has 1 aromatic rings. The topological polar surface area (TPSA) is 29.5 Å². The van der Waals surface area contributed by atoms with Crippen molar-refractivity contribution in [2.45, 2.75) is 19.4 Å². The Kier molecular flexibility index (Phi) is 4.03. The summed E-state index contributed by atoms with van der Waals surface area (Å²) in [6.45, 7) is 2.44. The molecule has 0 radical (unpaired) electrons.